The number of amides is 12. The molecule has 2 fully saturated rings. The maximum atomic E-state index is 14.2. The molecule has 2 aliphatic rings. The van der Waals surface area contributed by atoms with Crippen molar-refractivity contribution >= 4 is 70.9 Å². The van der Waals surface area contributed by atoms with E-state index in [2.05, 4.69) is 42.5 Å². The van der Waals surface area contributed by atoms with E-state index in [4.69, 9.17) is 17.2 Å². The maximum Gasteiger partial charge on any atom is 0.245 e. The fraction of sp³-hybridized carbons (Fsp3) is 0.581. The first kappa shape index (κ1) is 54.2. The zero-order valence-corrected chi connectivity index (χ0v) is 38.1. The lowest BCUT2D eigenvalue weighted by Gasteiger charge is -2.42. The fourth-order valence-electron chi connectivity index (χ4n) is 7.22. The molecule has 0 bridgehead atoms. The summed E-state index contributed by atoms with van der Waals surface area (Å²) in [4.78, 5) is 160. The van der Waals surface area contributed by atoms with E-state index in [9.17, 15) is 57.5 Å². The van der Waals surface area contributed by atoms with Crippen LogP contribution < -0.4 is 59.7 Å². The van der Waals surface area contributed by atoms with E-state index in [0.717, 1.165) is 4.90 Å². The Morgan fingerprint density at radius 2 is 1.39 bits per heavy atom. The summed E-state index contributed by atoms with van der Waals surface area (Å²) in [7, 11) is 0. The van der Waals surface area contributed by atoms with Crippen LogP contribution in [0.25, 0.3) is 0 Å². The van der Waals surface area contributed by atoms with Crippen molar-refractivity contribution in [1.82, 2.24) is 47.4 Å². The van der Waals surface area contributed by atoms with Gasteiger partial charge in [-0.25, -0.2) is 0 Å². The molecule has 2 heterocycles. The molecule has 3 rings (SSSR count). The molecule has 8 atom stereocenters. The third-order valence-corrected chi connectivity index (χ3v) is 11.2. The van der Waals surface area contributed by atoms with Gasteiger partial charge in [0, 0.05) is 25.8 Å². The van der Waals surface area contributed by atoms with Crippen LogP contribution in [0.4, 0.5) is 0 Å². The van der Waals surface area contributed by atoms with Gasteiger partial charge in [0.05, 0.1) is 19.5 Å². The molecule has 0 saturated carbocycles. The van der Waals surface area contributed by atoms with Crippen LogP contribution in [-0.4, -0.2) is 138 Å². The molecule has 24 heteroatoms. The van der Waals surface area contributed by atoms with Gasteiger partial charge in [-0.3, -0.25) is 57.5 Å². The van der Waals surface area contributed by atoms with Gasteiger partial charge < -0.3 is 64.6 Å². The van der Waals surface area contributed by atoms with Crippen LogP contribution in [0, 0.1) is 11.8 Å². The molecule has 1 unspecified atom stereocenters. The highest BCUT2D eigenvalue weighted by Gasteiger charge is 2.43. The number of hydrogen-bond acceptors (Lipinski definition) is 12. The molecule has 67 heavy (non-hydrogen) atoms. The van der Waals surface area contributed by atoms with Crippen LogP contribution in [-0.2, 0) is 64.0 Å². The summed E-state index contributed by atoms with van der Waals surface area (Å²) in [6.45, 7) is 5.86. The standard InChI is InChI=1S/C43H64N12O12/c1-5-23(4)36-42(66)50-25(11-13-31(44)56)38(62)52-29(19-32(45)57)39(63)51-26(12-14-34(59)47-21-35(60)49-28(40(64)54-36)18-24-9-7-6-8-10-24)43(67)55-16-15-30(55)41(65)53-27(17-22(2)3)37(61)48-20-33(46)58/h6-10,22-23,25-30,36H,5,11-21H2,1-4H3,(H2,44,56)(H2,45,57)(H2,46,58)(H,47,59)(H,48,61)(H,49,60)(H,50,66)(H,51,63)(H,52,62)(H,53,65)(H,54,64)/t23-,25-,26?,27-,28-,29-,30-,36-/m0/s1. The molecule has 0 radical (unpaired) electrons. The number of primary amides is 3. The first-order chi connectivity index (χ1) is 31.6. The molecule has 0 spiro atoms. The number of benzene rings is 1. The van der Waals surface area contributed by atoms with Gasteiger partial charge in [-0.15, -0.1) is 0 Å². The maximum absolute atomic E-state index is 14.2. The Labute approximate surface area is 387 Å². The average Bonchev–Trinajstić information content (AvgIpc) is 3.24. The number of rotatable bonds is 17. The van der Waals surface area contributed by atoms with Crippen molar-refractivity contribution in [2.45, 2.75) is 128 Å². The van der Waals surface area contributed by atoms with E-state index in [1.165, 1.54) is 0 Å². The SMILES string of the molecule is CC[C@H](C)[C@@H]1NC(=O)[C@H](Cc2ccccc2)NC(=O)CNC(=O)CCC(C(=O)N2CC[C@H]2C(=O)N[C@@H](CC(C)C)C(=O)NCC(N)=O)NC(=O)[C@H](CC(N)=O)NC(=O)[C@H](CCC(N)=O)NC1=O. The van der Waals surface area contributed by atoms with Crippen LogP contribution in [0.1, 0.15) is 84.6 Å². The molecular weight excluding hydrogens is 877 g/mol. The Balaban J connectivity index is 2.02. The van der Waals surface area contributed by atoms with E-state index < -0.39 is 164 Å². The first-order valence-electron chi connectivity index (χ1n) is 22.1. The zero-order chi connectivity index (χ0) is 50.0. The lowest BCUT2D eigenvalue weighted by Crippen LogP contribution is -2.65. The van der Waals surface area contributed by atoms with Crippen molar-refractivity contribution in [1.29, 1.82) is 0 Å². The highest BCUT2D eigenvalue weighted by atomic mass is 16.2. The van der Waals surface area contributed by atoms with Crippen molar-refractivity contribution in [3.8, 4) is 0 Å². The van der Waals surface area contributed by atoms with Crippen LogP contribution in [0.3, 0.4) is 0 Å². The number of likely N-dealkylation sites (tertiary alicyclic amines) is 1. The molecular formula is C43H64N12O12. The molecule has 2 aliphatic heterocycles. The third kappa shape index (κ3) is 17.6. The lowest BCUT2D eigenvalue weighted by atomic mass is 9.96. The Morgan fingerprint density at radius 1 is 0.746 bits per heavy atom. The Kier molecular flexibility index (Phi) is 21.1. The van der Waals surface area contributed by atoms with Crippen LogP contribution in [0.15, 0.2) is 30.3 Å². The molecule has 12 amide bonds. The van der Waals surface area contributed by atoms with E-state index in [0.29, 0.717) is 12.0 Å². The van der Waals surface area contributed by atoms with Gasteiger partial charge in [-0.1, -0.05) is 64.4 Å². The Morgan fingerprint density at radius 3 is 1.97 bits per heavy atom. The van der Waals surface area contributed by atoms with Crippen molar-refractivity contribution in [2.24, 2.45) is 29.0 Å². The summed E-state index contributed by atoms with van der Waals surface area (Å²) >= 11 is 0. The summed E-state index contributed by atoms with van der Waals surface area (Å²) in [5.41, 5.74) is 16.6. The summed E-state index contributed by atoms with van der Waals surface area (Å²) in [6.07, 6.45) is -2.01. The van der Waals surface area contributed by atoms with Gasteiger partial charge in [0.25, 0.3) is 0 Å². The number of carbonyl (C=O) groups excluding carboxylic acids is 12. The van der Waals surface area contributed by atoms with Crippen molar-refractivity contribution < 1.29 is 57.5 Å². The van der Waals surface area contributed by atoms with Crippen molar-refractivity contribution in [3.63, 3.8) is 0 Å². The highest BCUT2D eigenvalue weighted by Crippen LogP contribution is 2.21. The summed E-state index contributed by atoms with van der Waals surface area (Å²) < 4.78 is 0. The summed E-state index contributed by atoms with van der Waals surface area (Å²) in [6, 6.07) is -1.23. The minimum absolute atomic E-state index is 0.00354. The Bertz CT molecular complexity index is 2020. The zero-order valence-electron chi connectivity index (χ0n) is 38.1. The van der Waals surface area contributed by atoms with Gasteiger partial charge in [-0.2, -0.15) is 0 Å². The van der Waals surface area contributed by atoms with E-state index >= 15 is 0 Å². The average molecular weight is 941 g/mol. The first-order valence-corrected chi connectivity index (χ1v) is 22.1. The summed E-state index contributed by atoms with van der Waals surface area (Å²) in [5, 5.41) is 19.9. The topological polar surface area (TPSA) is 382 Å². The number of nitrogens with one attached hydrogen (secondary N) is 8. The van der Waals surface area contributed by atoms with Gasteiger partial charge in [-0.05, 0) is 43.1 Å². The molecule has 368 valence electrons. The molecule has 0 aromatic heterocycles. The predicted octanol–water partition coefficient (Wildman–Crippen LogP) is -4.52. The molecule has 1 aromatic rings. The van der Waals surface area contributed by atoms with Crippen LogP contribution in [0.2, 0.25) is 0 Å². The molecule has 2 saturated heterocycles. The minimum atomic E-state index is -1.80. The van der Waals surface area contributed by atoms with E-state index in [-0.39, 0.29) is 31.7 Å². The van der Waals surface area contributed by atoms with E-state index in [1.54, 1.807) is 58.0 Å². The second-order valence-corrected chi connectivity index (χ2v) is 17.1. The fourth-order valence-corrected chi connectivity index (χ4v) is 7.22. The largest absolute Gasteiger partial charge is 0.370 e. The normalized spacial score (nSPS) is 23.3. The number of nitrogens with zero attached hydrogens (tertiary/aromatic N) is 1. The predicted molar refractivity (Wildman–Crippen MR) is 237 cm³/mol. The quantitative estimate of drug-likeness (QED) is 0.0704. The number of carbonyl (C=O) groups is 12. The van der Waals surface area contributed by atoms with Crippen LogP contribution in [0.5, 0.6) is 0 Å². The van der Waals surface area contributed by atoms with Gasteiger partial charge in [0.2, 0.25) is 70.9 Å². The second kappa shape index (κ2) is 26.1. The lowest BCUT2D eigenvalue weighted by molar-refractivity contribution is -0.151. The summed E-state index contributed by atoms with van der Waals surface area (Å²) in [5.74, 6) is -11.1. The third-order valence-electron chi connectivity index (χ3n) is 11.2. The van der Waals surface area contributed by atoms with Crippen LogP contribution >= 0.6 is 0 Å². The van der Waals surface area contributed by atoms with Crippen molar-refractivity contribution in [3.05, 3.63) is 35.9 Å². The highest BCUT2D eigenvalue weighted by molar-refractivity contribution is 6.00. The number of nitrogens with two attached hydrogens (primary N) is 3. The second-order valence-electron chi connectivity index (χ2n) is 17.1. The van der Waals surface area contributed by atoms with Gasteiger partial charge >= 0.3 is 0 Å². The monoisotopic (exact) mass is 940 g/mol. The molecule has 24 nitrogen and oxygen atoms in total. The van der Waals surface area contributed by atoms with Gasteiger partial charge in [0.15, 0.2) is 0 Å². The van der Waals surface area contributed by atoms with Gasteiger partial charge in [0.1, 0.15) is 42.3 Å². The number of hydrogen-bond donors (Lipinski definition) is 11. The smallest absolute Gasteiger partial charge is 0.245 e. The Hall–Kier alpha value is -7.14. The molecule has 14 N–H and O–H groups in total. The van der Waals surface area contributed by atoms with E-state index in [1.807, 2.05) is 0 Å². The molecule has 0 aliphatic carbocycles. The minimum Gasteiger partial charge on any atom is -0.370 e. The molecule has 1 aromatic carbocycles. The van der Waals surface area contributed by atoms with Crippen molar-refractivity contribution in [2.75, 3.05) is 19.6 Å².